The fourth-order valence-electron chi connectivity index (χ4n) is 3.68. The van der Waals surface area contributed by atoms with Gasteiger partial charge in [-0.1, -0.05) is 23.8 Å². The number of nitrogens with zero attached hydrogens (tertiary/aromatic N) is 1. The maximum Gasteiger partial charge on any atom is 0.261 e. The van der Waals surface area contributed by atoms with Gasteiger partial charge in [0.25, 0.3) is 15.9 Å². The Morgan fingerprint density at radius 1 is 1.00 bits per heavy atom. The maximum atomic E-state index is 12.8. The Labute approximate surface area is 153 Å². The zero-order valence-electron chi connectivity index (χ0n) is 14.5. The van der Waals surface area contributed by atoms with E-state index in [-0.39, 0.29) is 10.8 Å². The molecule has 134 valence electrons. The zero-order chi connectivity index (χ0) is 18.3. The van der Waals surface area contributed by atoms with E-state index in [9.17, 15) is 13.2 Å². The van der Waals surface area contributed by atoms with Gasteiger partial charge in [-0.3, -0.25) is 9.52 Å². The van der Waals surface area contributed by atoms with Crippen LogP contribution in [-0.2, 0) is 14.8 Å². The van der Waals surface area contributed by atoms with E-state index in [4.69, 9.17) is 0 Å². The van der Waals surface area contributed by atoms with Crippen LogP contribution < -0.4 is 9.62 Å². The Morgan fingerprint density at radius 2 is 1.69 bits per heavy atom. The second-order valence-electron chi connectivity index (χ2n) is 6.70. The van der Waals surface area contributed by atoms with E-state index in [0.29, 0.717) is 11.3 Å². The SMILES string of the molecule is CN1C(=O)C(=C2CCCC2)c2cc(S(=O)(=O)Nc3ccccc3)ccc21. The van der Waals surface area contributed by atoms with Gasteiger partial charge in [0, 0.05) is 23.9 Å². The van der Waals surface area contributed by atoms with Crippen LogP contribution in [0.25, 0.3) is 5.57 Å². The van der Waals surface area contributed by atoms with E-state index in [0.717, 1.165) is 42.5 Å². The first-order valence-electron chi connectivity index (χ1n) is 8.70. The van der Waals surface area contributed by atoms with E-state index in [1.54, 1.807) is 54.4 Å². The van der Waals surface area contributed by atoms with Gasteiger partial charge in [0.2, 0.25) is 0 Å². The molecule has 26 heavy (non-hydrogen) atoms. The number of likely N-dealkylation sites (N-methyl/N-ethyl adjacent to an activating group) is 1. The minimum atomic E-state index is -3.72. The van der Waals surface area contributed by atoms with E-state index in [1.165, 1.54) is 0 Å². The molecular formula is C20H20N2O3S. The van der Waals surface area contributed by atoms with Gasteiger partial charge >= 0.3 is 0 Å². The molecular weight excluding hydrogens is 348 g/mol. The molecule has 2 aliphatic rings. The molecule has 2 aromatic carbocycles. The summed E-state index contributed by atoms with van der Waals surface area (Å²) in [6.45, 7) is 0. The van der Waals surface area contributed by atoms with Crippen molar-refractivity contribution in [2.24, 2.45) is 0 Å². The molecule has 6 heteroatoms. The van der Waals surface area contributed by atoms with Crippen molar-refractivity contribution in [2.75, 3.05) is 16.7 Å². The first-order chi connectivity index (χ1) is 12.5. The second-order valence-corrected chi connectivity index (χ2v) is 8.38. The number of carbonyl (C=O) groups is 1. The minimum Gasteiger partial charge on any atom is -0.311 e. The summed E-state index contributed by atoms with van der Waals surface area (Å²) in [6.07, 6.45) is 3.98. The largest absolute Gasteiger partial charge is 0.311 e. The summed E-state index contributed by atoms with van der Waals surface area (Å²) >= 11 is 0. The molecule has 1 saturated carbocycles. The molecule has 1 fully saturated rings. The maximum absolute atomic E-state index is 12.8. The minimum absolute atomic E-state index is 0.0394. The van der Waals surface area contributed by atoms with Crippen molar-refractivity contribution in [1.82, 2.24) is 0 Å². The van der Waals surface area contributed by atoms with Crippen LogP contribution in [0.2, 0.25) is 0 Å². The van der Waals surface area contributed by atoms with Gasteiger partial charge in [-0.25, -0.2) is 8.42 Å². The Hall–Kier alpha value is -2.60. The van der Waals surface area contributed by atoms with Crippen LogP contribution in [0.15, 0.2) is 59.0 Å². The lowest BCUT2D eigenvalue weighted by molar-refractivity contribution is -0.112. The first-order valence-corrected chi connectivity index (χ1v) is 10.2. The summed E-state index contributed by atoms with van der Waals surface area (Å²) in [6, 6.07) is 13.7. The normalized spacial score (nSPS) is 17.0. The van der Waals surface area contributed by atoms with Crippen molar-refractivity contribution in [3.8, 4) is 0 Å². The van der Waals surface area contributed by atoms with Crippen LogP contribution in [-0.4, -0.2) is 21.4 Å². The fraction of sp³-hybridized carbons (Fsp3) is 0.250. The molecule has 1 heterocycles. The number of allylic oxidation sites excluding steroid dienone is 1. The number of amides is 1. The van der Waals surface area contributed by atoms with Crippen LogP contribution in [0.3, 0.4) is 0 Å². The van der Waals surface area contributed by atoms with E-state index >= 15 is 0 Å². The first kappa shape index (κ1) is 16.8. The van der Waals surface area contributed by atoms with Crippen LogP contribution in [0.5, 0.6) is 0 Å². The number of anilines is 2. The highest BCUT2D eigenvalue weighted by molar-refractivity contribution is 7.92. The van der Waals surface area contributed by atoms with Crippen LogP contribution >= 0.6 is 0 Å². The average molecular weight is 368 g/mol. The molecule has 0 saturated heterocycles. The lowest BCUT2D eigenvalue weighted by atomic mass is 10.00. The molecule has 2 aromatic rings. The fourth-order valence-corrected chi connectivity index (χ4v) is 4.77. The number of sulfonamides is 1. The molecule has 0 bridgehead atoms. The number of carbonyl (C=O) groups excluding carboxylic acids is 1. The summed E-state index contributed by atoms with van der Waals surface area (Å²) in [5.41, 5.74) is 3.84. The van der Waals surface area contributed by atoms with Crippen molar-refractivity contribution < 1.29 is 13.2 Å². The summed E-state index contributed by atoms with van der Waals surface area (Å²) in [5.74, 6) is -0.0394. The molecule has 1 amide bonds. The molecule has 4 rings (SSSR count). The Bertz CT molecular complexity index is 1000. The highest BCUT2D eigenvalue weighted by Gasteiger charge is 2.34. The smallest absolute Gasteiger partial charge is 0.261 e. The molecule has 1 aliphatic carbocycles. The van der Waals surface area contributed by atoms with Crippen LogP contribution in [0.4, 0.5) is 11.4 Å². The van der Waals surface area contributed by atoms with Gasteiger partial charge in [-0.15, -0.1) is 0 Å². The highest BCUT2D eigenvalue weighted by atomic mass is 32.2. The molecule has 0 unspecified atom stereocenters. The number of hydrogen-bond acceptors (Lipinski definition) is 3. The van der Waals surface area contributed by atoms with Gasteiger partial charge in [-0.05, 0) is 56.0 Å². The Kier molecular flexibility index (Phi) is 4.07. The monoisotopic (exact) mass is 368 g/mol. The Morgan fingerprint density at radius 3 is 2.38 bits per heavy atom. The van der Waals surface area contributed by atoms with Crippen molar-refractivity contribution in [1.29, 1.82) is 0 Å². The molecule has 0 atom stereocenters. The number of para-hydroxylation sites is 1. The number of benzene rings is 2. The van der Waals surface area contributed by atoms with Gasteiger partial charge in [-0.2, -0.15) is 0 Å². The third-order valence-electron chi connectivity index (χ3n) is 5.01. The lowest BCUT2D eigenvalue weighted by Gasteiger charge is -2.11. The number of fused-ring (bicyclic) bond motifs is 1. The quantitative estimate of drug-likeness (QED) is 0.838. The molecule has 0 spiro atoms. The molecule has 0 radical (unpaired) electrons. The highest BCUT2D eigenvalue weighted by Crippen LogP contribution is 2.42. The van der Waals surface area contributed by atoms with Crippen LogP contribution in [0, 0.1) is 0 Å². The second kappa shape index (κ2) is 6.29. The van der Waals surface area contributed by atoms with Crippen molar-refractivity contribution in [3.05, 3.63) is 59.7 Å². The van der Waals surface area contributed by atoms with Crippen molar-refractivity contribution >= 4 is 32.9 Å². The predicted octanol–water partition coefficient (Wildman–Crippen LogP) is 3.79. The van der Waals surface area contributed by atoms with E-state index in [1.807, 2.05) is 6.07 Å². The lowest BCUT2D eigenvalue weighted by Crippen LogP contribution is -2.20. The standard InChI is InChI=1S/C20H20N2O3S/c1-22-18-12-11-16(26(24,25)21-15-9-3-2-4-10-15)13-17(18)19(20(22)23)14-7-5-6-8-14/h2-4,9-13,21H,5-8H2,1H3. The number of nitrogens with one attached hydrogen (secondary N) is 1. The summed E-state index contributed by atoms with van der Waals surface area (Å²) < 4.78 is 28.1. The van der Waals surface area contributed by atoms with Gasteiger partial charge < -0.3 is 4.90 Å². The molecule has 5 nitrogen and oxygen atoms in total. The summed E-state index contributed by atoms with van der Waals surface area (Å²) in [5, 5.41) is 0. The Balaban J connectivity index is 1.78. The third-order valence-corrected chi connectivity index (χ3v) is 6.39. The average Bonchev–Trinajstić information content (AvgIpc) is 3.23. The van der Waals surface area contributed by atoms with Crippen molar-refractivity contribution in [3.63, 3.8) is 0 Å². The molecule has 1 aliphatic heterocycles. The topological polar surface area (TPSA) is 66.5 Å². The molecule has 1 N–H and O–H groups in total. The van der Waals surface area contributed by atoms with Crippen molar-refractivity contribution in [2.45, 2.75) is 30.6 Å². The van der Waals surface area contributed by atoms with Gasteiger partial charge in [0.15, 0.2) is 0 Å². The van der Waals surface area contributed by atoms with E-state index < -0.39 is 10.0 Å². The van der Waals surface area contributed by atoms with E-state index in [2.05, 4.69) is 4.72 Å². The van der Waals surface area contributed by atoms with Gasteiger partial charge in [0.1, 0.15) is 0 Å². The summed E-state index contributed by atoms with van der Waals surface area (Å²) in [7, 11) is -1.98. The number of hydrogen-bond donors (Lipinski definition) is 1. The third kappa shape index (κ3) is 2.80. The zero-order valence-corrected chi connectivity index (χ0v) is 15.3. The molecule has 0 aromatic heterocycles. The predicted molar refractivity (Wildman–Crippen MR) is 102 cm³/mol. The summed E-state index contributed by atoms with van der Waals surface area (Å²) in [4.78, 5) is 14.5. The number of rotatable bonds is 3. The van der Waals surface area contributed by atoms with Crippen LogP contribution in [0.1, 0.15) is 31.2 Å². The van der Waals surface area contributed by atoms with Gasteiger partial charge in [0.05, 0.1) is 10.6 Å².